The molecule has 0 radical (unpaired) electrons. The highest BCUT2D eigenvalue weighted by Gasteiger charge is 2.27. The highest BCUT2D eigenvalue weighted by molar-refractivity contribution is 5.92. The fourth-order valence-electron chi connectivity index (χ4n) is 1.95. The number of carbonyl (C=O) groups excluding carboxylic acids is 2. The summed E-state index contributed by atoms with van der Waals surface area (Å²) in [5, 5.41) is 3.17. The van der Waals surface area contributed by atoms with E-state index < -0.39 is 0 Å². The van der Waals surface area contributed by atoms with Crippen molar-refractivity contribution in [3.05, 3.63) is 23.7 Å². The summed E-state index contributed by atoms with van der Waals surface area (Å²) in [6.45, 7) is 4.19. The van der Waals surface area contributed by atoms with Crippen molar-refractivity contribution in [2.24, 2.45) is 0 Å². The summed E-state index contributed by atoms with van der Waals surface area (Å²) >= 11 is 0. The van der Waals surface area contributed by atoms with Crippen molar-refractivity contribution in [2.75, 3.05) is 26.7 Å². The Labute approximate surface area is 112 Å². The summed E-state index contributed by atoms with van der Waals surface area (Å²) in [6.07, 6.45) is 0. The van der Waals surface area contributed by atoms with Gasteiger partial charge in [-0.3, -0.25) is 9.59 Å². The molecule has 2 amide bonds. The van der Waals surface area contributed by atoms with Crippen LogP contribution in [0.25, 0.3) is 0 Å². The summed E-state index contributed by atoms with van der Waals surface area (Å²) in [6, 6.07) is 3.74. The lowest BCUT2D eigenvalue weighted by Crippen LogP contribution is -2.51. The molecule has 1 saturated heterocycles. The fraction of sp³-hybridized carbons (Fsp3) is 0.538. The lowest BCUT2D eigenvalue weighted by atomic mass is 10.3. The van der Waals surface area contributed by atoms with Gasteiger partial charge in [-0.2, -0.15) is 0 Å². The topological polar surface area (TPSA) is 65.8 Å². The lowest BCUT2D eigenvalue weighted by Gasteiger charge is -2.30. The number of rotatable bonds is 5. The van der Waals surface area contributed by atoms with Gasteiger partial charge in [0.05, 0.1) is 19.6 Å². The first-order chi connectivity index (χ1) is 9.10. The normalized spacial score (nSPS) is 16.3. The number of nitrogens with zero attached hydrogens (tertiary/aromatic N) is 2. The van der Waals surface area contributed by atoms with E-state index in [-0.39, 0.29) is 24.9 Å². The molecule has 0 saturated carbocycles. The van der Waals surface area contributed by atoms with Crippen molar-refractivity contribution in [1.82, 2.24) is 15.1 Å². The first-order valence-electron chi connectivity index (χ1n) is 6.40. The van der Waals surface area contributed by atoms with Crippen molar-refractivity contribution in [3.63, 3.8) is 0 Å². The van der Waals surface area contributed by atoms with E-state index in [0.717, 1.165) is 12.3 Å². The number of piperazine rings is 1. The first-order valence-corrected chi connectivity index (χ1v) is 6.40. The van der Waals surface area contributed by atoms with Crippen LogP contribution in [0.4, 0.5) is 0 Å². The molecule has 1 aromatic rings. The quantitative estimate of drug-likeness (QED) is 0.825. The Morgan fingerprint density at radius 2 is 1.95 bits per heavy atom. The van der Waals surface area contributed by atoms with Gasteiger partial charge in [-0.25, -0.2) is 0 Å². The number of amides is 2. The third-order valence-electron chi connectivity index (χ3n) is 3.09. The second-order valence-electron chi connectivity index (χ2n) is 4.65. The van der Waals surface area contributed by atoms with Gasteiger partial charge in [-0.1, -0.05) is 6.92 Å². The SMILES string of the molecule is CCNCc1ccc(CN2CC(=O)N(C)CC2=O)o1. The average molecular weight is 265 g/mol. The van der Waals surface area contributed by atoms with Crippen LogP contribution in [0.5, 0.6) is 0 Å². The molecule has 1 fully saturated rings. The van der Waals surface area contributed by atoms with Crippen LogP contribution < -0.4 is 5.32 Å². The predicted molar refractivity (Wildman–Crippen MR) is 69.1 cm³/mol. The van der Waals surface area contributed by atoms with Crippen LogP contribution in [0.1, 0.15) is 18.4 Å². The van der Waals surface area contributed by atoms with Crippen molar-refractivity contribution in [3.8, 4) is 0 Å². The van der Waals surface area contributed by atoms with Gasteiger partial charge in [0.2, 0.25) is 11.8 Å². The number of hydrogen-bond donors (Lipinski definition) is 1. The van der Waals surface area contributed by atoms with Gasteiger partial charge in [-0.15, -0.1) is 0 Å². The van der Waals surface area contributed by atoms with E-state index in [9.17, 15) is 9.59 Å². The summed E-state index contributed by atoms with van der Waals surface area (Å²) < 4.78 is 5.62. The summed E-state index contributed by atoms with van der Waals surface area (Å²) in [5.41, 5.74) is 0. The van der Waals surface area contributed by atoms with Gasteiger partial charge < -0.3 is 19.5 Å². The van der Waals surface area contributed by atoms with Crippen LogP contribution >= 0.6 is 0 Å². The minimum absolute atomic E-state index is 0.0426. The molecule has 0 unspecified atom stereocenters. The van der Waals surface area contributed by atoms with Gasteiger partial charge in [0.15, 0.2) is 0 Å². The first kappa shape index (κ1) is 13.6. The Kier molecular flexibility index (Phi) is 4.21. The van der Waals surface area contributed by atoms with E-state index in [1.54, 1.807) is 7.05 Å². The van der Waals surface area contributed by atoms with Gasteiger partial charge in [0.25, 0.3) is 0 Å². The largest absolute Gasteiger partial charge is 0.463 e. The monoisotopic (exact) mass is 265 g/mol. The van der Waals surface area contributed by atoms with E-state index in [1.165, 1.54) is 9.80 Å². The summed E-state index contributed by atoms with van der Waals surface area (Å²) in [5.74, 6) is 1.45. The Morgan fingerprint density at radius 1 is 1.21 bits per heavy atom. The van der Waals surface area contributed by atoms with Crippen molar-refractivity contribution < 1.29 is 14.0 Å². The Bertz CT molecular complexity index is 469. The van der Waals surface area contributed by atoms with E-state index in [2.05, 4.69) is 5.32 Å². The van der Waals surface area contributed by atoms with Crippen LogP contribution in [0.3, 0.4) is 0 Å². The third-order valence-corrected chi connectivity index (χ3v) is 3.09. The second-order valence-corrected chi connectivity index (χ2v) is 4.65. The smallest absolute Gasteiger partial charge is 0.243 e. The van der Waals surface area contributed by atoms with Crippen LogP contribution in [0.15, 0.2) is 16.5 Å². The zero-order chi connectivity index (χ0) is 13.8. The number of nitrogens with one attached hydrogen (secondary N) is 1. The number of carbonyl (C=O) groups is 2. The fourth-order valence-corrected chi connectivity index (χ4v) is 1.95. The molecule has 0 bridgehead atoms. The molecular formula is C13H19N3O3. The third kappa shape index (κ3) is 3.35. The molecule has 0 atom stereocenters. The van der Waals surface area contributed by atoms with Crippen molar-refractivity contribution >= 4 is 11.8 Å². The standard InChI is InChI=1S/C13H19N3O3/c1-3-14-6-10-4-5-11(19-10)7-16-9-12(17)15(2)8-13(16)18/h4-5,14H,3,6-9H2,1-2H3. The molecule has 1 aromatic heterocycles. The molecule has 2 heterocycles. The maximum absolute atomic E-state index is 11.8. The zero-order valence-electron chi connectivity index (χ0n) is 11.3. The van der Waals surface area contributed by atoms with E-state index in [0.29, 0.717) is 18.8 Å². The maximum Gasteiger partial charge on any atom is 0.243 e. The van der Waals surface area contributed by atoms with E-state index >= 15 is 0 Å². The molecule has 1 aliphatic heterocycles. The highest BCUT2D eigenvalue weighted by atomic mass is 16.3. The van der Waals surface area contributed by atoms with Crippen LogP contribution in [0, 0.1) is 0 Å². The van der Waals surface area contributed by atoms with Crippen LogP contribution in [-0.2, 0) is 22.7 Å². The van der Waals surface area contributed by atoms with Gasteiger partial charge in [-0.05, 0) is 18.7 Å². The Balaban J connectivity index is 1.95. The molecular weight excluding hydrogens is 246 g/mol. The van der Waals surface area contributed by atoms with Gasteiger partial charge in [0, 0.05) is 7.05 Å². The minimum atomic E-state index is -0.0493. The molecule has 1 aliphatic rings. The molecule has 0 spiro atoms. The molecule has 19 heavy (non-hydrogen) atoms. The molecule has 6 heteroatoms. The Morgan fingerprint density at radius 3 is 2.68 bits per heavy atom. The molecule has 104 valence electrons. The van der Waals surface area contributed by atoms with Crippen molar-refractivity contribution in [1.29, 1.82) is 0 Å². The molecule has 6 nitrogen and oxygen atoms in total. The predicted octanol–water partition coefficient (Wildman–Crippen LogP) is 0.190. The van der Waals surface area contributed by atoms with Gasteiger partial charge >= 0.3 is 0 Å². The molecule has 0 aliphatic carbocycles. The molecule has 2 rings (SSSR count). The van der Waals surface area contributed by atoms with E-state index in [4.69, 9.17) is 4.42 Å². The number of hydrogen-bond acceptors (Lipinski definition) is 4. The maximum atomic E-state index is 11.8. The number of furan rings is 1. The van der Waals surface area contributed by atoms with Crippen LogP contribution in [0.2, 0.25) is 0 Å². The second kappa shape index (κ2) is 5.88. The van der Waals surface area contributed by atoms with Gasteiger partial charge in [0.1, 0.15) is 18.1 Å². The summed E-state index contributed by atoms with van der Waals surface area (Å²) in [4.78, 5) is 26.4. The molecule has 0 aromatic carbocycles. The lowest BCUT2D eigenvalue weighted by molar-refractivity contribution is -0.149. The molecule has 1 N–H and O–H groups in total. The summed E-state index contributed by atoms with van der Waals surface area (Å²) in [7, 11) is 1.64. The minimum Gasteiger partial charge on any atom is -0.463 e. The average Bonchev–Trinajstić information content (AvgIpc) is 2.81. The zero-order valence-corrected chi connectivity index (χ0v) is 11.3. The van der Waals surface area contributed by atoms with Crippen molar-refractivity contribution in [2.45, 2.75) is 20.0 Å². The number of likely N-dealkylation sites (N-methyl/N-ethyl adjacent to an activating group) is 1. The van der Waals surface area contributed by atoms with E-state index in [1.807, 2.05) is 19.1 Å². The Hall–Kier alpha value is -1.82. The highest BCUT2D eigenvalue weighted by Crippen LogP contribution is 2.13. The van der Waals surface area contributed by atoms with Crippen LogP contribution in [-0.4, -0.2) is 48.3 Å².